The van der Waals surface area contributed by atoms with Gasteiger partial charge in [-0.1, -0.05) is 59.9 Å². The predicted octanol–water partition coefficient (Wildman–Crippen LogP) is 4.03. The Morgan fingerprint density at radius 1 is 0.906 bits per heavy atom. The number of ketones is 1. The van der Waals surface area contributed by atoms with E-state index in [1.165, 1.54) is 26.2 Å². The molecule has 4 rings (SSSR count). The van der Waals surface area contributed by atoms with Gasteiger partial charge in [0.25, 0.3) is 5.91 Å². The Hall–Kier alpha value is -3.40. The fraction of sp³-hybridized carbons (Fsp3) is 0.0870. The van der Waals surface area contributed by atoms with E-state index in [4.69, 9.17) is 0 Å². The predicted molar refractivity (Wildman–Crippen MR) is 125 cm³/mol. The standard InChI is InChI=1S/C23H19N3O4S2/c1-26(2)32(29,30)16-12-13-19-20(14-16)31-23(24-19)25-22(28)18-11-7-6-10-17(18)21(27)15-8-4-3-5-9-15/h3-14H,1-2H3,(H,24,25,28). The Morgan fingerprint density at radius 3 is 2.25 bits per heavy atom. The van der Waals surface area contributed by atoms with Crippen molar-refractivity contribution < 1.29 is 18.0 Å². The Morgan fingerprint density at radius 2 is 1.56 bits per heavy atom. The maximum atomic E-state index is 13.0. The van der Waals surface area contributed by atoms with Crippen LogP contribution in [0.4, 0.5) is 5.13 Å². The molecule has 9 heteroatoms. The van der Waals surface area contributed by atoms with E-state index in [0.29, 0.717) is 20.9 Å². The van der Waals surface area contributed by atoms with E-state index < -0.39 is 15.9 Å². The normalized spacial score (nSPS) is 11.6. The zero-order valence-electron chi connectivity index (χ0n) is 17.3. The lowest BCUT2D eigenvalue weighted by Crippen LogP contribution is -2.22. The molecule has 0 radical (unpaired) electrons. The highest BCUT2D eigenvalue weighted by atomic mass is 32.2. The summed E-state index contributed by atoms with van der Waals surface area (Å²) in [5.74, 6) is -0.718. The van der Waals surface area contributed by atoms with Crippen LogP contribution in [-0.4, -0.2) is 43.5 Å². The summed E-state index contributed by atoms with van der Waals surface area (Å²) >= 11 is 1.16. The molecule has 0 bridgehead atoms. The average Bonchev–Trinajstić information content (AvgIpc) is 3.20. The number of carbonyl (C=O) groups is 2. The second kappa shape index (κ2) is 8.62. The van der Waals surface area contributed by atoms with E-state index >= 15 is 0 Å². The van der Waals surface area contributed by atoms with Gasteiger partial charge in [-0.3, -0.25) is 14.9 Å². The number of aromatic nitrogens is 1. The molecule has 0 unspecified atom stereocenters. The van der Waals surface area contributed by atoms with Crippen molar-refractivity contribution in [3.63, 3.8) is 0 Å². The summed E-state index contributed by atoms with van der Waals surface area (Å²) in [6, 6.07) is 20.0. The van der Waals surface area contributed by atoms with E-state index in [9.17, 15) is 18.0 Å². The number of hydrogen-bond acceptors (Lipinski definition) is 6. The highest BCUT2D eigenvalue weighted by Gasteiger charge is 2.21. The minimum absolute atomic E-state index is 0.148. The summed E-state index contributed by atoms with van der Waals surface area (Å²) in [7, 11) is -0.651. The van der Waals surface area contributed by atoms with E-state index in [-0.39, 0.29) is 21.8 Å². The number of carbonyl (C=O) groups excluding carboxylic acids is 2. The van der Waals surface area contributed by atoms with Gasteiger partial charge in [-0.05, 0) is 24.3 Å². The van der Waals surface area contributed by atoms with Crippen LogP contribution in [0, 0.1) is 0 Å². The van der Waals surface area contributed by atoms with Gasteiger partial charge in [-0.2, -0.15) is 0 Å². The molecule has 7 nitrogen and oxygen atoms in total. The van der Waals surface area contributed by atoms with Gasteiger partial charge in [0, 0.05) is 25.2 Å². The molecule has 1 N–H and O–H groups in total. The summed E-state index contributed by atoms with van der Waals surface area (Å²) in [6.07, 6.45) is 0. The number of hydrogen-bond donors (Lipinski definition) is 1. The Bertz CT molecular complexity index is 1430. The van der Waals surface area contributed by atoms with Gasteiger partial charge >= 0.3 is 0 Å². The number of benzene rings is 3. The average molecular weight is 466 g/mol. The zero-order chi connectivity index (χ0) is 22.9. The number of sulfonamides is 1. The van der Waals surface area contributed by atoms with Gasteiger partial charge in [0.15, 0.2) is 10.9 Å². The van der Waals surface area contributed by atoms with Gasteiger partial charge in [0.1, 0.15) is 0 Å². The molecule has 1 heterocycles. The van der Waals surface area contributed by atoms with Crippen LogP contribution < -0.4 is 5.32 Å². The molecule has 3 aromatic carbocycles. The van der Waals surface area contributed by atoms with E-state index in [2.05, 4.69) is 10.3 Å². The summed E-state index contributed by atoms with van der Waals surface area (Å²) < 4.78 is 26.5. The van der Waals surface area contributed by atoms with Crippen LogP contribution in [0.2, 0.25) is 0 Å². The number of nitrogens with zero attached hydrogens (tertiary/aromatic N) is 2. The maximum Gasteiger partial charge on any atom is 0.258 e. The lowest BCUT2D eigenvalue weighted by atomic mass is 9.98. The van der Waals surface area contributed by atoms with Crippen molar-refractivity contribution in [2.45, 2.75) is 4.90 Å². The molecule has 0 aliphatic carbocycles. The van der Waals surface area contributed by atoms with E-state index in [0.717, 1.165) is 15.6 Å². The zero-order valence-corrected chi connectivity index (χ0v) is 18.9. The molecular formula is C23H19N3O4S2. The van der Waals surface area contributed by atoms with Crippen molar-refractivity contribution in [2.24, 2.45) is 0 Å². The minimum atomic E-state index is -3.58. The number of amides is 1. The molecule has 0 saturated heterocycles. The van der Waals surface area contributed by atoms with Crippen LogP contribution in [0.5, 0.6) is 0 Å². The SMILES string of the molecule is CN(C)S(=O)(=O)c1ccc2nc(NC(=O)c3ccccc3C(=O)c3ccccc3)sc2c1. The van der Waals surface area contributed by atoms with Gasteiger partial charge in [-0.15, -0.1) is 0 Å². The molecule has 0 aliphatic rings. The smallest absolute Gasteiger partial charge is 0.258 e. The summed E-state index contributed by atoms with van der Waals surface area (Å²) in [5, 5.41) is 3.04. The molecule has 0 spiro atoms. The lowest BCUT2D eigenvalue weighted by Gasteiger charge is -2.10. The van der Waals surface area contributed by atoms with Crippen molar-refractivity contribution in [1.29, 1.82) is 0 Å². The minimum Gasteiger partial charge on any atom is -0.298 e. The summed E-state index contributed by atoms with van der Waals surface area (Å²) in [4.78, 5) is 30.4. The van der Waals surface area contributed by atoms with Gasteiger partial charge < -0.3 is 0 Å². The first-order chi connectivity index (χ1) is 15.3. The molecular weight excluding hydrogens is 446 g/mol. The Balaban J connectivity index is 1.63. The fourth-order valence-electron chi connectivity index (χ4n) is 3.12. The third-order valence-electron chi connectivity index (χ3n) is 4.81. The molecule has 0 aliphatic heterocycles. The Labute approximate surface area is 189 Å². The van der Waals surface area contributed by atoms with Crippen LogP contribution in [0.1, 0.15) is 26.3 Å². The van der Waals surface area contributed by atoms with Crippen molar-refractivity contribution in [2.75, 3.05) is 19.4 Å². The number of fused-ring (bicyclic) bond motifs is 1. The van der Waals surface area contributed by atoms with Crippen molar-refractivity contribution in [1.82, 2.24) is 9.29 Å². The van der Waals surface area contributed by atoms with Crippen molar-refractivity contribution in [3.8, 4) is 0 Å². The van der Waals surface area contributed by atoms with Crippen LogP contribution in [0.25, 0.3) is 10.2 Å². The first-order valence-corrected chi connectivity index (χ1v) is 11.9. The van der Waals surface area contributed by atoms with Gasteiger partial charge in [-0.25, -0.2) is 17.7 Å². The van der Waals surface area contributed by atoms with Crippen LogP contribution >= 0.6 is 11.3 Å². The Kier molecular flexibility index (Phi) is 5.88. The summed E-state index contributed by atoms with van der Waals surface area (Å²) in [5.41, 5.74) is 1.58. The lowest BCUT2D eigenvalue weighted by molar-refractivity contribution is 0.0996. The molecule has 0 saturated carbocycles. The van der Waals surface area contributed by atoms with Crippen LogP contribution in [-0.2, 0) is 10.0 Å². The molecule has 4 aromatic rings. The molecule has 1 amide bonds. The molecule has 1 aromatic heterocycles. The third-order valence-corrected chi connectivity index (χ3v) is 7.56. The van der Waals surface area contributed by atoms with Crippen LogP contribution in [0.15, 0.2) is 77.7 Å². The molecule has 0 atom stereocenters. The second-order valence-corrected chi connectivity index (χ2v) is 10.3. The quantitative estimate of drug-likeness (QED) is 0.434. The highest BCUT2D eigenvalue weighted by Crippen LogP contribution is 2.29. The van der Waals surface area contributed by atoms with Crippen LogP contribution in [0.3, 0.4) is 0 Å². The van der Waals surface area contributed by atoms with Gasteiger partial charge in [0.05, 0.1) is 20.7 Å². The molecule has 0 fully saturated rings. The van der Waals surface area contributed by atoms with Crippen molar-refractivity contribution >= 4 is 48.4 Å². The number of anilines is 1. The topological polar surface area (TPSA) is 96.4 Å². The largest absolute Gasteiger partial charge is 0.298 e. The number of thiazole rings is 1. The molecule has 32 heavy (non-hydrogen) atoms. The second-order valence-electron chi connectivity index (χ2n) is 7.13. The highest BCUT2D eigenvalue weighted by molar-refractivity contribution is 7.89. The first kappa shape index (κ1) is 21.8. The van der Waals surface area contributed by atoms with Crippen molar-refractivity contribution in [3.05, 3.63) is 89.5 Å². The molecule has 162 valence electrons. The van der Waals surface area contributed by atoms with E-state index in [1.807, 2.05) is 6.07 Å². The number of nitrogens with one attached hydrogen (secondary N) is 1. The number of rotatable bonds is 6. The first-order valence-electron chi connectivity index (χ1n) is 9.60. The summed E-state index contributed by atoms with van der Waals surface area (Å²) in [6.45, 7) is 0. The fourth-order valence-corrected chi connectivity index (χ4v) is 5.02. The maximum absolute atomic E-state index is 13.0. The third kappa shape index (κ3) is 4.18. The van der Waals surface area contributed by atoms with E-state index in [1.54, 1.807) is 54.6 Å². The van der Waals surface area contributed by atoms with Gasteiger partial charge in [0.2, 0.25) is 10.0 Å². The monoisotopic (exact) mass is 465 g/mol.